The van der Waals surface area contributed by atoms with Gasteiger partial charge in [-0.15, -0.1) is 0 Å². The Bertz CT molecular complexity index is 949. The molecule has 0 aliphatic rings. The van der Waals surface area contributed by atoms with Crippen LogP contribution in [0, 0.1) is 44.5 Å². The minimum atomic E-state index is 0.995. The van der Waals surface area contributed by atoms with Crippen LogP contribution in [0.5, 0.6) is 0 Å². The van der Waals surface area contributed by atoms with Crippen molar-refractivity contribution < 1.29 is 0 Å². The quantitative estimate of drug-likeness (QED) is 0.486. The van der Waals surface area contributed by atoms with Gasteiger partial charge in [0.25, 0.3) is 0 Å². The van der Waals surface area contributed by atoms with Crippen molar-refractivity contribution in [3.8, 4) is 23.7 Å². The van der Waals surface area contributed by atoms with E-state index < -0.39 is 0 Å². The zero-order chi connectivity index (χ0) is 17.6. The molecule has 120 valence electrons. The molecule has 0 aliphatic heterocycles. The first kappa shape index (κ1) is 16.6. The Hall–Kier alpha value is -3.22. The highest BCUT2D eigenvalue weighted by molar-refractivity contribution is 5.51. The maximum atomic E-state index is 3.26. The van der Waals surface area contributed by atoms with Crippen LogP contribution in [0.25, 0.3) is 0 Å². The second kappa shape index (κ2) is 7.57. The van der Waals surface area contributed by atoms with Gasteiger partial charge in [-0.05, 0) is 79.9 Å². The van der Waals surface area contributed by atoms with Gasteiger partial charge in [0.2, 0.25) is 0 Å². The lowest BCUT2D eigenvalue weighted by Crippen LogP contribution is -1.84. The predicted molar refractivity (Wildman–Crippen MR) is 105 cm³/mol. The van der Waals surface area contributed by atoms with Crippen LogP contribution in [0.2, 0.25) is 0 Å². The summed E-state index contributed by atoms with van der Waals surface area (Å²) in [7, 11) is 0. The van der Waals surface area contributed by atoms with Crippen molar-refractivity contribution in [1.29, 1.82) is 0 Å². The summed E-state index contributed by atoms with van der Waals surface area (Å²) < 4.78 is 0. The second-order valence-electron chi connectivity index (χ2n) is 6.33. The van der Waals surface area contributed by atoms with E-state index in [1.54, 1.807) is 0 Å². The van der Waals surface area contributed by atoms with E-state index in [2.05, 4.69) is 86.9 Å². The monoisotopic (exact) mass is 320 g/mol. The maximum absolute atomic E-state index is 3.26. The van der Waals surface area contributed by atoms with Crippen LogP contribution in [0.15, 0.2) is 66.7 Å². The van der Waals surface area contributed by atoms with Gasteiger partial charge in [-0.3, -0.25) is 0 Å². The van der Waals surface area contributed by atoms with E-state index in [0.717, 1.165) is 22.3 Å². The van der Waals surface area contributed by atoms with Gasteiger partial charge in [-0.1, -0.05) is 47.9 Å². The summed E-state index contributed by atoms with van der Waals surface area (Å²) in [4.78, 5) is 0. The molecule has 0 aromatic heterocycles. The molecule has 0 bridgehead atoms. The number of hydrogen-bond acceptors (Lipinski definition) is 0. The molecule has 0 amide bonds. The van der Waals surface area contributed by atoms with Gasteiger partial charge in [0.15, 0.2) is 0 Å². The third kappa shape index (κ3) is 4.87. The normalized spacial score (nSPS) is 9.56. The topological polar surface area (TPSA) is 0 Å². The molecule has 0 unspecified atom stereocenters. The van der Waals surface area contributed by atoms with Gasteiger partial charge in [0.05, 0.1) is 0 Å². The molecule has 3 aromatic carbocycles. The van der Waals surface area contributed by atoms with E-state index >= 15 is 0 Å². The SMILES string of the molecule is Cc1cccc(C#Cc2cc(C)cc(C#Cc3cccc(C)c3)c2)c1. The average molecular weight is 320 g/mol. The average Bonchev–Trinajstić information content (AvgIpc) is 2.58. The van der Waals surface area contributed by atoms with Crippen LogP contribution in [0.1, 0.15) is 38.9 Å². The van der Waals surface area contributed by atoms with Gasteiger partial charge in [-0.2, -0.15) is 0 Å². The summed E-state index contributed by atoms with van der Waals surface area (Å²) in [6.07, 6.45) is 0. The molecule has 3 rings (SSSR count). The van der Waals surface area contributed by atoms with Crippen molar-refractivity contribution in [3.63, 3.8) is 0 Å². The summed E-state index contributed by atoms with van der Waals surface area (Å²) in [6.45, 7) is 6.24. The van der Waals surface area contributed by atoms with Gasteiger partial charge in [0.1, 0.15) is 0 Å². The highest BCUT2D eigenvalue weighted by Crippen LogP contribution is 2.10. The lowest BCUT2D eigenvalue weighted by molar-refractivity contribution is 1.43. The summed E-state index contributed by atoms with van der Waals surface area (Å²) >= 11 is 0. The van der Waals surface area contributed by atoms with E-state index in [9.17, 15) is 0 Å². The zero-order valence-corrected chi connectivity index (χ0v) is 14.9. The molecule has 0 saturated heterocycles. The summed E-state index contributed by atoms with van der Waals surface area (Å²) in [5.41, 5.74) is 7.68. The first-order valence-electron chi connectivity index (χ1n) is 8.37. The van der Waals surface area contributed by atoms with E-state index in [1.165, 1.54) is 16.7 Å². The first-order chi connectivity index (χ1) is 12.1. The molecule has 0 saturated carbocycles. The summed E-state index contributed by atoms with van der Waals surface area (Å²) in [6, 6.07) is 22.8. The van der Waals surface area contributed by atoms with Crippen molar-refractivity contribution in [2.24, 2.45) is 0 Å². The molecule has 0 atom stereocenters. The van der Waals surface area contributed by atoms with E-state index in [1.807, 2.05) is 24.3 Å². The van der Waals surface area contributed by atoms with Gasteiger partial charge >= 0.3 is 0 Å². The Morgan fingerprint density at radius 3 is 1.28 bits per heavy atom. The highest BCUT2D eigenvalue weighted by Gasteiger charge is 1.95. The molecule has 25 heavy (non-hydrogen) atoms. The Morgan fingerprint density at radius 1 is 0.440 bits per heavy atom. The fourth-order valence-corrected chi connectivity index (χ4v) is 2.66. The van der Waals surface area contributed by atoms with Crippen molar-refractivity contribution in [1.82, 2.24) is 0 Å². The van der Waals surface area contributed by atoms with Gasteiger partial charge in [0, 0.05) is 22.3 Å². The standard InChI is InChI=1S/C25H20/c1-19-6-4-8-22(14-19)10-12-24-16-21(3)17-25(18-24)13-11-23-9-5-7-20(2)15-23/h4-9,14-18H,1-3H3. The fraction of sp³-hybridized carbons (Fsp3) is 0.120. The molecular weight excluding hydrogens is 300 g/mol. The smallest absolute Gasteiger partial charge is 0.0264 e. The van der Waals surface area contributed by atoms with Gasteiger partial charge in [-0.25, -0.2) is 0 Å². The summed E-state index contributed by atoms with van der Waals surface area (Å²) in [5, 5.41) is 0. The van der Waals surface area contributed by atoms with E-state index in [0.29, 0.717) is 0 Å². The maximum Gasteiger partial charge on any atom is 0.0264 e. The van der Waals surface area contributed by atoms with Crippen LogP contribution in [0.4, 0.5) is 0 Å². The van der Waals surface area contributed by atoms with Crippen LogP contribution < -0.4 is 0 Å². The van der Waals surface area contributed by atoms with E-state index in [4.69, 9.17) is 0 Å². The Kier molecular flexibility index (Phi) is 5.03. The molecule has 0 heterocycles. The van der Waals surface area contributed by atoms with Crippen LogP contribution >= 0.6 is 0 Å². The molecule has 0 N–H and O–H groups in total. The van der Waals surface area contributed by atoms with Gasteiger partial charge < -0.3 is 0 Å². The fourth-order valence-electron chi connectivity index (χ4n) is 2.66. The largest absolute Gasteiger partial charge is 0.0616 e. The van der Waals surface area contributed by atoms with Crippen LogP contribution in [-0.2, 0) is 0 Å². The molecule has 0 radical (unpaired) electrons. The Morgan fingerprint density at radius 2 is 0.840 bits per heavy atom. The summed E-state index contributed by atoms with van der Waals surface area (Å²) in [5.74, 6) is 13.0. The predicted octanol–water partition coefficient (Wildman–Crippen LogP) is 5.41. The van der Waals surface area contributed by atoms with Crippen molar-refractivity contribution in [2.75, 3.05) is 0 Å². The third-order valence-electron chi connectivity index (χ3n) is 3.82. The number of hydrogen-bond donors (Lipinski definition) is 0. The van der Waals surface area contributed by atoms with Crippen LogP contribution in [0.3, 0.4) is 0 Å². The number of rotatable bonds is 0. The lowest BCUT2D eigenvalue weighted by Gasteiger charge is -1.98. The molecular formula is C25H20. The second-order valence-corrected chi connectivity index (χ2v) is 6.33. The molecule has 0 heteroatoms. The minimum absolute atomic E-state index is 0.995. The molecule has 0 spiro atoms. The highest BCUT2D eigenvalue weighted by atomic mass is 14.0. The lowest BCUT2D eigenvalue weighted by atomic mass is 10.1. The van der Waals surface area contributed by atoms with E-state index in [-0.39, 0.29) is 0 Å². The Balaban J connectivity index is 1.89. The number of benzene rings is 3. The minimum Gasteiger partial charge on any atom is -0.0616 e. The zero-order valence-electron chi connectivity index (χ0n) is 14.9. The third-order valence-corrected chi connectivity index (χ3v) is 3.82. The molecule has 0 aliphatic carbocycles. The van der Waals surface area contributed by atoms with Crippen molar-refractivity contribution in [3.05, 3.63) is 106 Å². The molecule has 0 fully saturated rings. The molecule has 0 nitrogen and oxygen atoms in total. The first-order valence-corrected chi connectivity index (χ1v) is 8.37. The van der Waals surface area contributed by atoms with Crippen molar-refractivity contribution in [2.45, 2.75) is 20.8 Å². The number of aryl methyl sites for hydroxylation is 3. The van der Waals surface area contributed by atoms with Crippen LogP contribution in [-0.4, -0.2) is 0 Å². The molecule has 3 aromatic rings. The van der Waals surface area contributed by atoms with Crippen molar-refractivity contribution >= 4 is 0 Å². The Labute approximate surface area is 150 Å².